The molecule has 0 spiro atoms. The lowest BCUT2D eigenvalue weighted by Crippen LogP contribution is -2.39. The van der Waals surface area contributed by atoms with Crippen molar-refractivity contribution in [3.05, 3.63) is 0 Å². The number of hydrogen-bond donors (Lipinski definition) is 0. The quantitative estimate of drug-likeness (QED) is 0.544. The van der Waals surface area contributed by atoms with E-state index < -0.39 is 11.0 Å². The second-order valence-corrected chi connectivity index (χ2v) is 7.32. The highest BCUT2D eigenvalue weighted by Crippen LogP contribution is 2.46. The molecule has 3 heteroatoms. The largest absolute Gasteiger partial charge is 0.348 e. The molecule has 0 heterocycles. The molecule has 0 N–H and O–H groups in total. The lowest BCUT2D eigenvalue weighted by molar-refractivity contribution is -0.327. The predicted octanol–water partition coefficient (Wildman–Crippen LogP) is 3.87. The highest BCUT2D eigenvalue weighted by Gasteiger charge is 2.44. The summed E-state index contributed by atoms with van der Waals surface area (Å²) in [6.07, 6.45) is 4.01. The van der Waals surface area contributed by atoms with Gasteiger partial charge in [0.2, 0.25) is 0 Å². The number of carbonyl (C=O) groups excluding carboxylic acids is 1. The van der Waals surface area contributed by atoms with E-state index in [1.54, 1.807) is 0 Å². The van der Waals surface area contributed by atoms with E-state index in [0.29, 0.717) is 0 Å². The van der Waals surface area contributed by atoms with Crippen LogP contribution < -0.4 is 0 Å². The summed E-state index contributed by atoms with van der Waals surface area (Å²) in [6, 6.07) is 0. The maximum atomic E-state index is 12.1. The fourth-order valence-electron chi connectivity index (χ4n) is 2.63. The Hall–Kier alpha value is -0.570. The van der Waals surface area contributed by atoms with Gasteiger partial charge in [0.05, 0.1) is 5.41 Å². The summed E-state index contributed by atoms with van der Waals surface area (Å²) >= 11 is 0. The van der Waals surface area contributed by atoms with E-state index in [2.05, 4.69) is 13.8 Å². The van der Waals surface area contributed by atoms with Gasteiger partial charge in [0.25, 0.3) is 0 Å². The third-order valence-corrected chi connectivity index (χ3v) is 3.31. The number of carbonyl (C=O) groups is 1. The van der Waals surface area contributed by atoms with Crippen molar-refractivity contribution < 1.29 is 14.6 Å². The molecule has 1 unspecified atom stereocenters. The zero-order valence-electron chi connectivity index (χ0n) is 12.1. The van der Waals surface area contributed by atoms with E-state index in [4.69, 9.17) is 9.78 Å². The van der Waals surface area contributed by atoms with Crippen LogP contribution in [-0.2, 0) is 14.6 Å². The second kappa shape index (κ2) is 4.60. The van der Waals surface area contributed by atoms with Crippen molar-refractivity contribution in [1.29, 1.82) is 0 Å². The molecule has 17 heavy (non-hydrogen) atoms. The number of hydrogen-bond acceptors (Lipinski definition) is 3. The van der Waals surface area contributed by atoms with Gasteiger partial charge in [-0.05, 0) is 52.4 Å². The second-order valence-electron chi connectivity index (χ2n) is 7.32. The standard InChI is InChI=1S/C14H26O3/c1-12(2,3)17-16-11(15)14(6)9-7-8-13(4,5)10-14/h7-10H2,1-6H3. The minimum atomic E-state index is -0.448. The van der Waals surface area contributed by atoms with Crippen molar-refractivity contribution in [2.24, 2.45) is 10.8 Å². The molecule has 1 aliphatic carbocycles. The van der Waals surface area contributed by atoms with Crippen molar-refractivity contribution >= 4 is 5.97 Å². The van der Waals surface area contributed by atoms with Gasteiger partial charge >= 0.3 is 5.97 Å². The highest BCUT2D eigenvalue weighted by atomic mass is 17.2. The molecule has 0 bridgehead atoms. The minimum Gasteiger partial charge on any atom is -0.297 e. The van der Waals surface area contributed by atoms with Gasteiger partial charge in [-0.2, -0.15) is 4.89 Å². The van der Waals surface area contributed by atoms with Gasteiger partial charge in [0.1, 0.15) is 5.60 Å². The van der Waals surface area contributed by atoms with Crippen molar-refractivity contribution in [3.63, 3.8) is 0 Å². The summed E-state index contributed by atoms with van der Waals surface area (Å²) < 4.78 is 0. The molecule has 1 saturated carbocycles. The molecule has 1 rings (SSSR count). The fraction of sp³-hybridized carbons (Fsp3) is 0.929. The predicted molar refractivity (Wildman–Crippen MR) is 67.3 cm³/mol. The molecule has 0 radical (unpaired) electrons. The Morgan fingerprint density at radius 3 is 2.18 bits per heavy atom. The summed E-state index contributed by atoms with van der Waals surface area (Å²) in [4.78, 5) is 22.2. The van der Waals surface area contributed by atoms with Gasteiger partial charge in [0, 0.05) is 0 Å². The first-order valence-electron chi connectivity index (χ1n) is 6.44. The lowest BCUT2D eigenvalue weighted by atomic mass is 9.64. The van der Waals surface area contributed by atoms with Gasteiger partial charge < -0.3 is 0 Å². The van der Waals surface area contributed by atoms with E-state index in [9.17, 15) is 4.79 Å². The average molecular weight is 242 g/mol. The summed E-state index contributed by atoms with van der Waals surface area (Å²) in [7, 11) is 0. The van der Waals surface area contributed by atoms with Crippen LogP contribution in [0.15, 0.2) is 0 Å². The molecular weight excluding hydrogens is 216 g/mol. The van der Waals surface area contributed by atoms with Crippen molar-refractivity contribution in [3.8, 4) is 0 Å². The molecule has 0 aromatic rings. The van der Waals surface area contributed by atoms with Gasteiger partial charge in [-0.15, -0.1) is 0 Å². The van der Waals surface area contributed by atoms with Crippen LogP contribution in [0.5, 0.6) is 0 Å². The van der Waals surface area contributed by atoms with Gasteiger partial charge in [0.15, 0.2) is 0 Å². The van der Waals surface area contributed by atoms with E-state index in [0.717, 1.165) is 19.3 Å². The van der Waals surface area contributed by atoms with Crippen LogP contribution >= 0.6 is 0 Å². The van der Waals surface area contributed by atoms with Gasteiger partial charge in [-0.1, -0.05) is 20.3 Å². The third kappa shape index (κ3) is 4.30. The van der Waals surface area contributed by atoms with Crippen molar-refractivity contribution in [2.75, 3.05) is 0 Å². The zero-order valence-corrected chi connectivity index (χ0v) is 12.1. The molecule has 0 aromatic heterocycles. The summed E-state index contributed by atoms with van der Waals surface area (Å²) in [6.45, 7) is 12.0. The van der Waals surface area contributed by atoms with Gasteiger partial charge in [-0.25, -0.2) is 4.79 Å². The lowest BCUT2D eigenvalue weighted by Gasteiger charge is -2.40. The van der Waals surface area contributed by atoms with Crippen LogP contribution in [0.3, 0.4) is 0 Å². The SMILES string of the molecule is CC1(C)CCCC(C)(C(=O)OOC(C)(C)C)C1. The summed E-state index contributed by atoms with van der Waals surface area (Å²) in [5.74, 6) is -0.222. The Balaban J connectivity index is 2.61. The molecular formula is C14H26O3. The Bertz CT molecular complexity index is 288. The van der Waals surface area contributed by atoms with Gasteiger partial charge in [-0.3, -0.25) is 4.89 Å². The van der Waals surface area contributed by atoms with Crippen LogP contribution in [0.25, 0.3) is 0 Å². The maximum Gasteiger partial charge on any atom is 0.348 e. The topological polar surface area (TPSA) is 35.5 Å². The maximum absolute atomic E-state index is 12.1. The summed E-state index contributed by atoms with van der Waals surface area (Å²) in [5, 5.41) is 0. The Morgan fingerprint density at radius 1 is 1.12 bits per heavy atom. The Morgan fingerprint density at radius 2 is 1.71 bits per heavy atom. The highest BCUT2D eigenvalue weighted by molar-refractivity contribution is 5.76. The molecule has 0 saturated heterocycles. The van der Waals surface area contributed by atoms with Crippen LogP contribution in [0.2, 0.25) is 0 Å². The number of rotatable bonds is 2. The molecule has 100 valence electrons. The fourth-order valence-corrected chi connectivity index (χ4v) is 2.63. The van der Waals surface area contributed by atoms with Crippen LogP contribution in [-0.4, -0.2) is 11.6 Å². The summed E-state index contributed by atoms with van der Waals surface area (Å²) in [5.41, 5.74) is -0.628. The first kappa shape index (κ1) is 14.5. The molecule has 1 aliphatic rings. The monoisotopic (exact) mass is 242 g/mol. The van der Waals surface area contributed by atoms with Crippen molar-refractivity contribution in [2.45, 2.75) is 72.8 Å². The zero-order chi connectivity index (χ0) is 13.3. The van der Waals surface area contributed by atoms with E-state index in [1.165, 1.54) is 6.42 Å². The normalized spacial score (nSPS) is 28.8. The minimum absolute atomic E-state index is 0.216. The smallest absolute Gasteiger partial charge is 0.297 e. The first-order chi connectivity index (χ1) is 7.54. The van der Waals surface area contributed by atoms with Crippen LogP contribution in [0.4, 0.5) is 0 Å². The molecule has 3 nitrogen and oxygen atoms in total. The molecule has 1 atom stereocenters. The average Bonchev–Trinajstić information content (AvgIpc) is 2.10. The van der Waals surface area contributed by atoms with E-state index in [1.807, 2.05) is 27.7 Å². The molecule has 0 aliphatic heterocycles. The molecule has 0 amide bonds. The third-order valence-electron chi connectivity index (χ3n) is 3.31. The Kier molecular flexibility index (Phi) is 3.92. The van der Waals surface area contributed by atoms with E-state index >= 15 is 0 Å². The van der Waals surface area contributed by atoms with Crippen molar-refractivity contribution in [1.82, 2.24) is 0 Å². The van der Waals surface area contributed by atoms with Crippen LogP contribution in [0.1, 0.15) is 67.2 Å². The molecule has 1 fully saturated rings. The molecule has 0 aromatic carbocycles. The first-order valence-corrected chi connectivity index (χ1v) is 6.44. The Labute approximate surface area is 105 Å². The van der Waals surface area contributed by atoms with Crippen LogP contribution in [0, 0.1) is 10.8 Å². The van der Waals surface area contributed by atoms with E-state index in [-0.39, 0.29) is 11.4 Å².